The monoisotopic (exact) mass is 294 g/mol. The van der Waals surface area contributed by atoms with Crippen LogP contribution in [0.4, 0.5) is 6.01 Å². The van der Waals surface area contributed by atoms with Gasteiger partial charge < -0.3 is 9.52 Å². The van der Waals surface area contributed by atoms with Crippen LogP contribution >= 0.6 is 0 Å². The Morgan fingerprint density at radius 2 is 2.00 bits per heavy atom. The summed E-state index contributed by atoms with van der Waals surface area (Å²) in [6.07, 6.45) is 4.30. The zero-order valence-electron chi connectivity index (χ0n) is 11.6. The van der Waals surface area contributed by atoms with Crippen LogP contribution in [0.15, 0.2) is 4.42 Å². The van der Waals surface area contributed by atoms with E-state index < -0.39 is 5.97 Å². The summed E-state index contributed by atoms with van der Waals surface area (Å²) in [6.45, 7) is 0.516. The molecule has 0 saturated heterocycles. The topological polar surface area (TPSA) is 109 Å². The van der Waals surface area contributed by atoms with Gasteiger partial charge in [0.15, 0.2) is 0 Å². The van der Waals surface area contributed by atoms with E-state index in [2.05, 4.69) is 15.5 Å². The van der Waals surface area contributed by atoms with Crippen LogP contribution in [0.3, 0.4) is 0 Å². The van der Waals surface area contributed by atoms with Gasteiger partial charge in [-0.2, -0.15) is 0 Å². The number of anilines is 1. The molecule has 0 aromatic carbocycles. The second-order valence-electron chi connectivity index (χ2n) is 5.77. The fourth-order valence-corrected chi connectivity index (χ4v) is 2.18. The predicted molar refractivity (Wildman–Crippen MR) is 71.7 cm³/mol. The normalized spacial score (nSPS) is 18.0. The first-order valence-corrected chi connectivity index (χ1v) is 7.17. The zero-order chi connectivity index (χ0) is 14.8. The summed E-state index contributed by atoms with van der Waals surface area (Å²) in [6, 6.07) is 0.0867. The van der Waals surface area contributed by atoms with Crippen LogP contribution in [0.2, 0.25) is 0 Å². The van der Waals surface area contributed by atoms with Gasteiger partial charge in [0.25, 0.3) is 0 Å². The minimum Gasteiger partial charge on any atom is -0.480 e. The minimum absolute atomic E-state index is 0.0178. The van der Waals surface area contributed by atoms with E-state index in [1.54, 1.807) is 4.90 Å². The van der Waals surface area contributed by atoms with Crippen LogP contribution in [-0.4, -0.2) is 51.7 Å². The van der Waals surface area contributed by atoms with Crippen molar-refractivity contribution in [2.45, 2.75) is 31.6 Å². The molecule has 0 radical (unpaired) electrons. The van der Waals surface area contributed by atoms with E-state index in [1.807, 2.05) is 0 Å². The number of nitrogens with one attached hydrogen (secondary N) is 1. The molecule has 0 spiro atoms. The van der Waals surface area contributed by atoms with Crippen LogP contribution in [0.25, 0.3) is 0 Å². The number of amides is 1. The lowest BCUT2D eigenvalue weighted by Crippen LogP contribution is -2.38. The summed E-state index contributed by atoms with van der Waals surface area (Å²) in [5.41, 5.74) is 0. The molecule has 114 valence electrons. The SMILES string of the molecule is O=C(O)CN(CC(=O)Nc1nnc(C2CC2)o1)CC1CC1. The van der Waals surface area contributed by atoms with E-state index in [0.717, 1.165) is 25.7 Å². The molecule has 21 heavy (non-hydrogen) atoms. The molecule has 1 amide bonds. The number of carbonyl (C=O) groups excluding carboxylic acids is 1. The van der Waals surface area contributed by atoms with Crippen molar-refractivity contribution in [1.29, 1.82) is 0 Å². The molecular weight excluding hydrogens is 276 g/mol. The van der Waals surface area contributed by atoms with Crippen LogP contribution in [0.1, 0.15) is 37.5 Å². The van der Waals surface area contributed by atoms with Crippen molar-refractivity contribution < 1.29 is 19.1 Å². The Kier molecular flexibility index (Phi) is 3.87. The van der Waals surface area contributed by atoms with Gasteiger partial charge in [0, 0.05) is 12.5 Å². The summed E-state index contributed by atoms with van der Waals surface area (Å²) in [5, 5.41) is 19.1. The average Bonchev–Trinajstić information content (AvgIpc) is 3.30. The van der Waals surface area contributed by atoms with Crippen LogP contribution < -0.4 is 5.32 Å². The van der Waals surface area contributed by atoms with Gasteiger partial charge in [0.1, 0.15) is 0 Å². The van der Waals surface area contributed by atoms with Crippen LogP contribution in [0, 0.1) is 5.92 Å². The first-order chi connectivity index (χ1) is 10.1. The molecule has 2 aliphatic carbocycles. The van der Waals surface area contributed by atoms with E-state index in [1.165, 1.54) is 0 Å². The highest BCUT2D eigenvalue weighted by Gasteiger charge is 2.30. The summed E-state index contributed by atoms with van der Waals surface area (Å²) >= 11 is 0. The summed E-state index contributed by atoms with van der Waals surface area (Å²) in [7, 11) is 0. The third-order valence-corrected chi connectivity index (χ3v) is 3.55. The molecule has 8 nitrogen and oxygen atoms in total. The molecule has 1 aromatic heterocycles. The Morgan fingerprint density at radius 1 is 1.24 bits per heavy atom. The molecule has 8 heteroatoms. The zero-order valence-corrected chi connectivity index (χ0v) is 11.6. The number of hydrogen-bond acceptors (Lipinski definition) is 6. The Balaban J connectivity index is 1.51. The quantitative estimate of drug-likeness (QED) is 0.725. The Hall–Kier alpha value is -1.96. The molecule has 0 bridgehead atoms. The number of aliphatic carboxylic acids is 1. The number of carbonyl (C=O) groups is 2. The highest BCUT2D eigenvalue weighted by molar-refractivity contribution is 5.90. The molecule has 0 unspecified atom stereocenters. The fraction of sp³-hybridized carbons (Fsp3) is 0.692. The second kappa shape index (κ2) is 5.80. The van der Waals surface area contributed by atoms with E-state index in [9.17, 15) is 9.59 Å². The van der Waals surface area contributed by atoms with Gasteiger partial charge in [0.05, 0.1) is 13.1 Å². The van der Waals surface area contributed by atoms with E-state index >= 15 is 0 Å². The second-order valence-corrected chi connectivity index (χ2v) is 5.77. The van der Waals surface area contributed by atoms with Crippen molar-refractivity contribution in [2.75, 3.05) is 25.0 Å². The van der Waals surface area contributed by atoms with Crippen molar-refractivity contribution >= 4 is 17.9 Å². The van der Waals surface area contributed by atoms with E-state index in [4.69, 9.17) is 9.52 Å². The maximum atomic E-state index is 11.9. The smallest absolute Gasteiger partial charge is 0.322 e. The first kappa shape index (κ1) is 14.0. The molecule has 1 heterocycles. The lowest BCUT2D eigenvalue weighted by Gasteiger charge is -2.18. The summed E-state index contributed by atoms with van der Waals surface area (Å²) < 4.78 is 5.35. The maximum Gasteiger partial charge on any atom is 0.322 e. The van der Waals surface area contributed by atoms with Gasteiger partial charge in [-0.25, -0.2) is 0 Å². The number of aromatic nitrogens is 2. The van der Waals surface area contributed by atoms with Crippen molar-refractivity contribution in [2.24, 2.45) is 5.92 Å². The Labute approximate surface area is 121 Å². The van der Waals surface area contributed by atoms with Gasteiger partial charge >= 0.3 is 12.0 Å². The number of nitrogens with zero attached hydrogens (tertiary/aromatic N) is 3. The van der Waals surface area contributed by atoms with Crippen molar-refractivity contribution in [1.82, 2.24) is 15.1 Å². The number of carboxylic acid groups (broad SMARTS) is 1. The first-order valence-electron chi connectivity index (χ1n) is 7.17. The Bertz CT molecular complexity index is 536. The largest absolute Gasteiger partial charge is 0.480 e. The molecule has 1 aromatic rings. The van der Waals surface area contributed by atoms with Crippen LogP contribution in [0.5, 0.6) is 0 Å². The van der Waals surface area contributed by atoms with E-state index in [0.29, 0.717) is 24.3 Å². The predicted octanol–water partition coefficient (Wildman–Crippen LogP) is 0.682. The van der Waals surface area contributed by atoms with Crippen molar-refractivity contribution in [3.63, 3.8) is 0 Å². The summed E-state index contributed by atoms with van der Waals surface area (Å²) in [4.78, 5) is 24.4. The third kappa shape index (κ3) is 4.25. The van der Waals surface area contributed by atoms with Gasteiger partial charge in [-0.1, -0.05) is 5.10 Å². The molecule has 0 atom stereocenters. The number of hydrogen-bond donors (Lipinski definition) is 2. The molecule has 3 rings (SSSR count). The molecule has 0 aliphatic heterocycles. The third-order valence-electron chi connectivity index (χ3n) is 3.55. The van der Waals surface area contributed by atoms with Gasteiger partial charge in [-0.05, 0) is 31.6 Å². The van der Waals surface area contributed by atoms with Gasteiger partial charge in [-0.3, -0.25) is 19.8 Å². The van der Waals surface area contributed by atoms with Gasteiger partial charge in [0.2, 0.25) is 11.8 Å². The summed E-state index contributed by atoms with van der Waals surface area (Å²) in [5.74, 6) is 0.148. The minimum atomic E-state index is -0.933. The molecular formula is C13H18N4O4. The average molecular weight is 294 g/mol. The lowest BCUT2D eigenvalue weighted by molar-refractivity contribution is -0.138. The molecule has 2 N–H and O–H groups in total. The molecule has 2 aliphatic rings. The number of carboxylic acids is 1. The lowest BCUT2D eigenvalue weighted by atomic mass is 10.3. The maximum absolute atomic E-state index is 11.9. The molecule has 2 fully saturated rings. The van der Waals surface area contributed by atoms with Gasteiger partial charge in [-0.15, -0.1) is 5.10 Å². The van der Waals surface area contributed by atoms with Crippen molar-refractivity contribution in [3.05, 3.63) is 5.89 Å². The highest BCUT2D eigenvalue weighted by Crippen LogP contribution is 2.39. The highest BCUT2D eigenvalue weighted by atomic mass is 16.4. The Morgan fingerprint density at radius 3 is 2.62 bits per heavy atom. The van der Waals surface area contributed by atoms with Crippen molar-refractivity contribution in [3.8, 4) is 0 Å². The molecule has 2 saturated carbocycles. The van der Waals surface area contributed by atoms with E-state index in [-0.39, 0.29) is 25.0 Å². The fourth-order valence-electron chi connectivity index (χ4n) is 2.18. The number of rotatable bonds is 8. The standard InChI is InChI=1S/C13H18N4O4/c18-10(6-17(7-11(19)20)5-8-1-2-8)14-13-16-15-12(21-13)9-3-4-9/h8-9H,1-7H2,(H,19,20)(H,14,16,18). The van der Waals surface area contributed by atoms with Crippen LogP contribution in [-0.2, 0) is 9.59 Å².